The van der Waals surface area contributed by atoms with Crippen LogP contribution in [0.2, 0.25) is 0 Å². The fraction of sp³-hybridized carbons (Fsp3) is 0.643. The van der Waals surface area contributed by atoms with E-state index in [1.807, 2.05) is 0 Å². The van der Waals surface area contributed by atoms with Gasteiger partial charge in [0.05, 0.1) is 11.7 Å². The van der Waals surface area contributed by atoms with Gasteiger partial charge in [-0.05, 0) is 37.1 Å². The highest BCUT2D eigenvalue weighted by Crippen LogP contribution is 2.24. The second-order valence-electron chi connectivity index (χ2n) is 5.38. The molecule has 0 aromatic carbocycles. The van der Waals surface area contributed by atoms with Gasteiger partial charge in [-0.1, -0.05) is 6.92 Å². The summed E-state index contributed by atoms with van der Waals surface area (Å²) in [6.45, 7) is 3.99. The van der Waals surface area contributed by atoms with E-state index >= 15 is 0 Å². The van der Waals surface area contributed by atoms with Gasteiger partial charge in [-0.2, -0.15) is 0 Å². The SMILES string of the molecule is CCCO[C@H]1CCCN(C(=O)c2ccsc2S(N)(=O)=O)CC1. The number of carbonyl (C=O) groups is 1. The van der Waals surface area contributed by atoms with E-state index in [0.717, 1.165) is 43.6 Å². The van der Waals surface area contributed by atoms with Crippen LogP contribution < -0.4 is 5.14 Å². The highest BCUT2D eigenvalue weighted by atomic mass is 32.2. The van der Waals surface area contributed by atoms with Crippen LogP contribution in [-0.4, -0.2) is 45.0 Å². The summed E-state index contributed by atoms with van der Waals surface area (Å²) in [6.07, 6.45) is 3.72. The molecule has 0 unspecified atom stereocenters. The summed E-state index contributed by atoms with van der Waals surface area (Å²) in [5, 5.41) is 6.75. The van der Waals surface area contributed by atoms with Crippen LogP contribution in [0.3, 0.4) is 0 Å². The van der Waals surface area contributed by atoms with Gasteiger partial charge in [0.2, 0.25) is 10.0 Å². The lowest BCUT2D eigenvalue weighted by Crippen LogP contribution is -2.33. The van der Waals surface area contributed by atoms with Gasteiger partial charge in [-0.15, -0.1) is 11.3 Å². The molecular weight excluding hydrogens is 324 g/mol. The zero-order valence-electron chi connectivity index (χ0n) is 12.7. The minimum atomic E-state index is -3.86. The third-order valence-electron chi connectivity index (χ3n) is 3.64. The second-order valence-corrected chi connectivity index (χ2v) is 8.06. The summed E-state index contributed by atoms with van der Waals surface area (Å²) in [4.78, 5) is 14.3. The largest absolute Gasteiger partial charge is 0.378 e. The molecule has 2 rings (SSSR count). The van der Waals surface area contributed by atoms with E-state index in [4.69, 9.17) is 9.88 Å². The standard InChI is InChI=1S/C14H22N2O4S2/c1-2-9-20-11-4-3-7-16(8-5-11)13(17)12-6-10-21-14(12)22(15,18)19/h6,10-11H,2-5,7-9H2,1H3,(H2,15,18,19)/t11-/m0/s1. The number of rotatable bonds is 5. The van der Waals surface area contributed by atoms with Gasteiger partial charge >= 0.3 is 0 Å². The van der Waals surface area contributed by atoms with E-state index in [1.165, 1.54) is 6.07 Å². The van der Waals surface area contributed by atoms with E-state index in [1.54, 1.807) is 10.3 Å². The summed E-state index contributed by atoms with van der Waals surface area (Å²) >= 11 is 0.981. The highest BCUT2D eigenvalue weighted by molar-refractivity contribution is 7.91. The first-order valence-electron chi connectivity index (χ1n) is 7.44. The lowest BCUT2D eigenvalue weighted by molar-refractivity contribution is 0.0432. The van der Waals surface area contributed by atoms with Crippen molar-refractivity contribution in [2.24, 2.45) is 5.14 Å². The van der Waals surface area contributed by atoms with Crippen LogP contribution in [-0.2, 0) is 14.8 Å². The summed E-state index contributed by atoms with van der Waals surface area (Å²) in [7, 11) is -3.86. The molecule has 124 valence electrons. The monoisotopic (exact) mass is 346 g/mol. The fourth-order valence-corrected chi connectivity index (χ4v) is 4.34. The van der Waals surface area contributed by atoms with Gasteiger partial charge in [0, 0.05) is 19.7 Å². The molecule has 6 nitrogen and oxygen atoms in total. The maximum absolute atomic E-state index is 12.6. The summed E-state index contributed by atoms with van der Waals surface area (Å²) in [6, 6.07) is 1.53. The van der Waals surface area contributed by atoms with E-state index in [9.17, 15) is 13.2 Å². The Morgan fingerprint density at radius 3 is 2.91 bits per heavy atom. The third kappa shape index (κ3) is 4.28. The molecule has 1 aliphatic heterocycles. The molecule has 8 heteroatoms. The first-order valence-corrected chi connectivity index (χ1v) is 9.87. The molecule has 1 atom stereocenters. The number of nitrogens with zero attached hydrogens (tertiary/aromatic N) is 1. The summed E-state index contributed by atoms with van der Waals surface area (Å²) < 4.78 is 28.8. The Bertz CT molecular complexity index is 612. The third-order valence-corrected chi connectivity index (χ3v) is 6.07. The van der Waals surface area contributed by atoms with Crippen molar-refractivity contribution in [3.63, 3.8) is 0 Å². The molecule has 1 aromatic rings. The van der Waals surface area contributed by atoms with Crippen LogP contribution in [0.15, 0.2) is 15.7 Å². The average Bonchev–Trinajstić information content (AvgIpc) is 2.85. The minimum absolute atomic E-state index is 0.0551. The van der Waals surface area contributed by atoms with Crippen molar-refractivity contribution < 1.29 is 17.9 Å². The molecule has 0 bridgehead atoms. The number of hydrogen-bond acceptors (Lipinski definition) is 5. The Morgan fingerprint density at radius 1 is 1.45 bits per heavy atom. The number of sulfonamides is 1. The van der Waals surface area contributed by atoms with Crippen molar-refractivity contribution in [2.75, 3.05) is 19.7 Å². The summed E-state index contributed by atoms with van der Waals surface area (Å²) in [5.41, 5.74) is 0.181. The van der Waals surface area contributed by atoms with Crippen molar-refractivity contribution >= 4 is 27.3 Å². The molecule has 1 aromatic heterocycles. The molecule has 0 aliphatic carbocycles. The molecule has 1 aliphatic rings. The number of nitrogens with two attached hydrogens (primary N) is 1. The molecule has 0 radical (unpaired) electrons. The van der Waals surface area contributed by atoms with E-state index in [-0.39, 0.29) is 21.8 Å². The molecular formula is C14H22N2O4S2. The lowest BCUT2D eigenvalue weighted by atomic mass is 10.2. The Balaban J connectivity index is 2.06. The van der Waals surface area contributed by atoms with Crippen LogP contribution >= 0.6 is 11.3 Å². The topological polar surface area (TPSA) is 89.7 Å². The second kappa shape index (κ2) is 7.54. The molecule has 0 saturated carbocycles. The number of thiophene rings is 1. The van der Waals surface area contributed by atoms with Gasteiger partial charge in [0.1, 0.15) is 4.21 Å². The van der Waals surface area contributed by atoms with Crippen molar-refractivity contribution in [1.82, 2.24) is 4.90 Å². The maximum Gasteiger partial charge on any atom is 0.256 e. The predicted molar refractivity (Wildman–Crippen MR) is 85.5 cm³/mol. The average molecular weight is 346 g/mol. The first kappa shape index (κ1) is 17.4. The zero-order chi connectivity index (χ0) is 16.2. The van der Waals surface area contributed by atoms with Crippen molar-refractivity contribution in [1.29, 1.82) is 0 Å². The smallest absolute Gasteiger partial charge is 0.256 e. The molecule has 2 heterocycles. The van der Waals surface area contributed by atoms with Crippen LogP contribution in [0.4, 0.5) is 0 Å². The Hall–Kier alpha value is -0.960. The van der Waals surface area contributed by atoms with Crippen molar-refractivity contribution in [2.45, 2.75) is 42.9 Å². The lowest BCUT2D eigenvalue weighted by Gasteiger charge is -2.20. The molecule has 1 amide bonds. The van der Waals surface area contributed by atoms with Gasteiger partial charge < -0.3 is 9.64 Å². The Labute approximate surface area is 135 Å². The number of ether oxygens (including phenoxy) is 1. The quantitative estimate of drug-likeness (QED) is 0.880. The minimum Gasteiger partial charge on any atom is -0.378 e. The summed E-state index contributed by atoms with van der Waals surface area (Å²) in [5.74, 6) is -0.263. The Morgan fingerprint density at radius 2 is 2.23 bits per heavy atom. The van der Waals surface area contributed by atoms with Gasteiger partial charge in [0.15, 0.2) is 0 Å². The van der Waals surface area contributed by atoms with Crippen LogP contribution in [0.1, 0.15) is 43.0 Å². The number of hydrogen-bond donors (Lipinski definition) is 1. The molecule has 2 N–H and O–H groups in total. The molecule has 0 spiro atoms. The number of likely N-dealkylation sites (tertiary alicyclic amines) is 1. The highest BCUT2D eigenvalue weighted by Gasteiger charge is 2.27. The van der Waals surface area contributed by atoms with Crippen molar-refractivity contribution in [3.05, 3.63) is 17.0 Å². The van der Waals surface area contributed by atoms with Gasteiger partial charge in [0.25, 0.3) is 5.91 Å². The fourth-order valence-electron chi connectivity index (χ4n) is 2.56. The normalized spacial score (nSPS) is 19.9. The molecule has 22 heavy (non-hydrogen) atoms. The number of carbonyl (C=O) groups excluding carboxylic acids is 1. The van der Waals surface area contributed by atoms with Crippen LogP contribution in [0.5, 0.6) is 0 Å². The predicted octanol–water partition coefficient (Wildman–Crippen LogP) is 1.82. The molecule has 1 fully saturated rings. The zero-order valence-corrected chi connectivity index (χ0v) is 14.3. The van der Waals surface area contributed by atoms with Gasteiger partial charge in [-0.25, -0.2) is 13.6 Å². The van der Waals surface area contributed by atoms with Crippen molar-refractivity contribution in [3.8, 4) is 0 Å². The number of primary sulfonamides is 1. The van der Waals surface area contributed by atoms with E-state index < -0.39 is 10.0 Å². The van der Waals surface area contributed by atoms with Gasteiger partial charge in [-0.3, -0.25) is 4.79 Å². The maximum atomic E-state index is 12.6. The van der Waals surface area contributed by atoms with E-state index in [0.29, 0.717) is 13.1 Å². The molecule has 1 saturated heterocycles. The Kier molecular flexibility index (Phi) is 5.96. The number of amides is 1. The first-order chi connectivity index (χ1) is 10.4. The van der Waals surface area contributed by atoms with Crippen LogP contribution in [0.25, 0.3) is 0 Å². The van der Waals surface area contributed by atoms with Crippen LogP contribution in [0, 0.1) is 0 Å². The van der Waals surface area contributed by atoms with E-state index in [2.05, 4.69) is 6.92 Å².